The number of rotatable bonds is 7. The van der Waals surface area contributed by atoms with Crippen LogP contribution in [0.2, 0.25) is 5.02 Å². The Bertz CT molecular complexity index is 667. The summed E-state index contributed by atoms with van der Waals surface area (Å²) in [6, 6.07) is 6.96. The van der Waals surface area contributed by atoms with E-state index in [0.717, 1.165) is 12.0 Å². The molecule has 0 saturated heterocycles. The van der Waals surface area contributed by atoms with Crippen LogP contribution in [-0.4, -0.2) is 16.0 Å². The van der Waals surface area contributed by atoms with Crippen molar-refractivity contribution < 1.29 is 9.32 Å². The van der Waals surface area contributed by atoms with Crippen LogP contribution in [0.4, 0.5) is 0 Å². The first kappa shape index (κ1) is 18.5. The Labute approximate surface area is 147 Å². The van der Waals surface area contributed by atoms with Gasteiger partial charge >= 0.3 is 0 Å². The van der Waals surface area contributed by atoms with E-state index in [2.05, 4.69) is 29.3 Å². The zero-order valence-electron chi connectivity index (χ0n) is 14.5. The highest BCUT2D eigenvalue weighted by atomic mass is 35.5. The number of halogens is 1. The van der Waals surface area contributed by atoms with Gasteiger partial charge in [-0.2, -0.15) is 4.98 Å². The third-order valence-electron chi connectivity index (χ3n) is 3.93. The molecule has 1 heterocycles. The fourth-order valence-electron chi connectivity index (χ4n) is 2.36. The van der Waals surface area contributed by atoms with Gasteiger partial charge in [0.05, 0.1) is 0 Å². The number of nitrogens with one attached hydrogen (secondary N) is 1. The van der Waals surface area contributed by atoms with Gasteiger partial charge in [0.25, 0.3) is 0 Å². The summed E-state index contributed by atoms with van der Waals surface area (Å²) < 4.78 is 5.43. The average Bonchev–Trinajstić information content (AvgIpc) is 3.01. The first-order valence-corrected chi connectivity index (χ1v) is 8.67. The number of hydrogen-bond acceptors (Lipinski definition) is 4. The lowest BCUT2D eigenvalue weighted by molar-refractivity contribution is -0.123. The zero-order valence-corrected chi connectivity index (χ0v) is 15.3. The van der Waals surface area contributed by atoms with Crippen molar-refractivity contribution >= 4 is 17.5 Å². The van der Waals surface area contributed by atoms with Gasteiger partial charge in [-0.3, -0.25) is 4.79 Å². The SMILES string of the molecule is CCC(C)C(NC(=O)CC(C)C)c1nc(-c2ccc(Cl)cc2)no1. The maximum Gasteiger partial charge on any atom is 0.249 e. The molecule has 0 aliphatic heterocycles. The molecule has 0 radical (unpaired) electrons. The summed E-state index contributed by atoms with van der Waals surface area (Å²) in [5, 5.41) is 7.73. The van der Waals surface area contributed by atoms with E-state index in [9.17, 15) is 4.79 Å². The van der Waals surface area contributed by atoms with Gasteiger partial charge in [-0.1, -0.05) is 50.9 Å². The van der Waals surface area contributed by atoms with Crippen LogP contribution >= 0.6 is 11.6 Å². The molecular formula is C18H24ClN3O2. The summed E-state index contributed by atoms with van der Waals surface area (Å²) in [5.74, 6) is 1.43. The van der Waals surface area contributed by atoms with E-state index in [1.165, 1.54) is 0 Å². The number of aromatic nitrogens is 2. The van der Waals surface area contributed by atoms with Crippen molar-refractivity contribution in [1.82, 2.24) is 15.5 Å². The lowest BCUT2D eigenvalue weighted by Gasteiger charge is -2.21. The van der Waals surface area contributed by atoms with E-state index in [0.29, 0.717) is 29.1 Å². The van der Waals surface area contributed by atoms with Crippen molar-refractivity contribution in [3.05, 3.63) is 35.2 Å². The Morgan fingerprint density at radius 3 is 2.50 bits per heavy atom. The minimum absolute atomic E-state index is 0.00143. The highest BCUT2D eigenvalue weighted by Crippen LogP contribution is 2.26. The molecule has 130 valence electrons. The van der Waals surface area contributed by atoms with Gasteiger partial charge in [-0.25, -0.2) is 0 Å². The van der Waals surface area contributed by atoms with Crippen molar-refractivity contribution in [2.75, 3.05) is 0 Å². The van der Waals surface area contributed by atoms with Crippen LogP contribution in [0.5, 0.6) is 0 Å². The zero-order chi connectivity index (χ0) is 17.7. The Hall–Kier alpha value is -1.88. The third kappa shape index (κ3) is 4.81. The smallest absolute Gasteiger partial charge is 0.249 e. The predicted octanol–water partition coefficient (Wildman–Crippen LogP) is 4.64. The standard InChI is InChI=1S/C18H24ClN3O2/c1-5-12(4)16(20-15(23)10-11(2)3)18-21-17(22-24-18)13-6-8-14(19)9-7-13/h6-9,11-12,16H,5,10H2,1-4H3,(H,20,23). The molecule has 0 fully saturated rings. The fourth-order valence-corrected chi connectivity index (χ4v) is 2.49. The second-order valence-corrected chi connectivity index (χ2v) is 6.93. The van der Waals surface area contributed by atoms with E-state index >= 15 is 0 Å². The normalized spacial score (nSPS) is 13.8. The van der Waals surface area contributed by atoms with Gasteiger partial charge in [-0.05, 0) is 36.1 Å². The molecule has 2 unspecified atom stereocenters. The number of amides is 1. The molecule has 0 aliphatic carbocycles. The number of benzene rings is 1. The minimum atomic E-state index is -0.283. The van der Waals surface area contributed by atoms with E-state index in [1.807, 2.05) is 26.0 Å². The number of hydrogen-bond donors (Lipinski definition) is 1. The Morgan fingerprint density at radius 1 is 1.25 bits per heavy atom. The van der Waals surface area contributed by atoms with Gasteiger partial charge in [0.1, 0.15) is 6.04 Å². The minimum Gasteiger partial charge on any atom is -0.344 e. The van der Waals surface area contributed by atoms with Crippen LogP contribution in [-0.2, 0) is 4.79 Å². The molecule has 2 aromatic rings. The van der Waals surface area contributed by atoms with Crippen LogP contribution in [0, 0.1) is 11.8 Å². The van der Waals surface area contributed by atoms with Crippen molar-refractivity contribution in [1.29, 1.82) is 0 Å². The van der Waals surface area contributed by atoms with Gasteiger partial charge in [0.2, 0.25) is 17.6 Å². The molecule has 6 heteroatoms. The molecule has 0 saturated carbocycles. The summed E-state index contributed by atoms with van der Waals surface area (Å²) in [5.41, 5.74) is 0.825. The summed E-state index contributed by atoms with van der Waals surface area (Å²) in [7, 11) is 0. The molecule has 5 nitrogen and oxygen atoms in total. The number of nitrogens with zero attached hydrogens (tertiary/aromatic N) is 2. The van der Waals surface area contributed by atoms with Crippen molar-refractivity contribution in [2.45, 2.75) is 46.6 Å². The molecule has 1 amide bonds. The molecule has 0 aliphatic rings. The number of carbonyl (C=O) groups excluding carboxylic acids is 1. The van der Waals surface area contributed by atoms with Crippen LogP contribution in [0.25, 0.3) is 11.4 Å². The molecule has 2 rings (SSSR count). The van der Waals surface area contributed by atoms with E-state index in [1.54, 1.807) is 12.1 Å². The van der Waals surface area contributed by atoms with Crippen LogP contribution in [0.15, 0.2) is 28.8 Å². The highest BCUT2D eigenvalue weighted by Gasteiger charge is 2.26. The Balaban J connectivity index is 2.21. The van der Waals surface area contributed by atoms with Crippen molar-refractivity contribution in [2.24, 2.45) is 11.8 Å². The summed E-state index contributed by atoms with van der Waals surface area (Å²) in [4.78, 5) is 16.6. The second kappa shape index (κ2) is 8.29. The average molecular weight is 350 g/mol. The van der Waals surface area contributed by atoms with Gasteiger partial charge in [0.15, 0.2) is 0 Å². The molecule has 1 aromatic heterocycles. The lowest BCUT2D eigenvalue weighted by atomic mass is 9.98. The number of carbonyl (C=O) groups is 1. The third-order valence-corrected chi connectivity index (χ3v) is 4.19. The molecule has 2 atom stereocenters. The van der Waals surface area contributed by atoms with E-state index < -0.39 is 0 Å². The Kier molecular flexibility index (Phi) is 6.37. The highest BCUT2D eigenvalue weighted by molar-refractivity contribution is 6.30. The van der Waals surface area contributed by atoms with Gasteiger partial charge in [0, 0.05) is 17.0 Å². The van der Waals surface area contributed by atoms with Crippen LogP contribution < -0.4 is 5.32 Å². The maximum absolute atomic E-state index is 12.2. The molecule has 0 spiro atoms. The first-order valence-electron chi connectivity index (χ1n) is 8.29. The predicted molar refractivity (Wildman–Crippen MR) is 94.5 cm³/mol. The molecule has 24 heavy (non-hydrogen) atoms. The summed E-state index contributed by atoms with van der Waals surface area (Å²) in [6.07, 6.45) is 1.37. The van der Waals surface area contributed by atoms with Gasteiger partial charge < -0.3 is 9.84 Å². The molecule has 1 aromatic carbocycles. The topological polar surface area (TPSA) is 68.0 Å². The Morgan fingerprint density at radius 2 is 1.92 bits per heavy atom. The largest absolute Gasteiger partial charge is 0.344 e. The van der Waals surface area contributed by atoms with Crippen molar-refractivity contribution in [3.63, 3.8) is 0 Å². The van der Waals surface area contributed by atoms with Gasteiger partial charge in [-0.15, -0.1) is 0 Å². The lowest BCUT2D eigenvalue weighted by Crippen LogP contribution is -2.33. The van der Waals surface area contributed by atoms with E-state index in [-0.39, 0.29) is 17.9 Å². The molecule has 1 N–H and O–H groups in total. The summed E-state index contributed by atoms with van der Waals surface area (Å²) in [6.45, 7) is 8.17. The first-order chi connectivity index (χ1) is 11.4. The van der Waals surface area contributed by atoms with Crippen LogP contribution in [0.1, 0.15) is 52.5 Å². The molecule has 0 bridgehead atoms. The molecular weight excluding hydrogens is 326 g/mol. The van der Waals surface area contributed by atoms with Crippen molar-refractivity contribution in [3.8, 4) is 11.4 Å². The fraction of sp³-hybridized carbons (Fsp3) is 0.500. The second-order valence-electron chi connectivity index (χ2n) is 6.49. The quantitative estimate of drug-likeness (QED) is 0.790. The monoisotopic (exact) mass is 349 g/mol. The summed E-state index contributed by atoms with van der Waals surface area (Å²) >= 11 is 5.90. The van der Waals surface area contributed by atoms with E-state index in [4.69, 9.17) is 16.1 Å². The van der Waals surface area contributed by atoms with Crippen LogP contribution in [0.3, 0.4) is 0 Å². The maximum atomic E-state index is 12.2.